The molecule has 0 aliphatic heterocycles. The fraction of sp³-hybridized carbons (Fsp3) is 0.500. The lowest BCUT2D eigenvalue weighted by atomic mass is 10.2. The van der Waals surface area contributed by atoms with Gasteiger partial charge in [-0.05, 0) is 43.0 Å². The first-order valence-corrected chi connectivity index (χ1v) is 9.38. The first-order chi connectivity index (χ1) is 12.7. The van der Waals surface area contributed by atoms with E-state index in [1.807, 2.05) is 16.9 Å². The highest BCUT2D eigenvalue weighted by atomic mass is 127. The Bertz CT molecular complexity index is 641. The van der Waals surface area contributed by atoms with Crippen molar-refractivity contribution in [2.45, 2.75) is 33.7 Å². The summed E-state index contributed by atoms with van der Waals surface area (Å²) in [4.78, 5) is 4.65. The van der Waals surface area contributed by atoms with E-state index in [-0.39, 0.29) is 24.0 Å². The molecule has 0 amide bonds. The smallest absolute Gasteiger partial charge is 0.191 e. The van der Waals surface area contributed by atoms with Crippen LogP contribution in [0.4, 0.5) is 0 Å². The van der Waals surface area contributed by atoms with Crippen LogP contribution in [-0.4, -0.2) is 42.0 Å². The molecule has 1 aromatic carbocycles. The molecule has 0 radical (unpaired) electrons. The Morgan fingerprint density at radius 3 is 2.63 bits per heavy atom. The Morgan fingerprint density at radius 1 is 1.22 bits per heavy atom. The van der Waals surface area contributed by atoms with Crippen molar-refractivity contribution in [2.24, 2.45) is 10.9 Å². The van der Waals surface area contributed by atoms with Crippen LogP contribution in [-0.2, 0) is 11.3 Å². The fourth-order valence-electron chi connectivity index (χ4n) is 2.39. The molecular weight excluding hydrogens is 453 g/mol. The van der Waals surface area contributed by atoms with E-state index >= 15 is 0 Å². The van der Waals surface area contributed by atoms with E-state index in [9.17, 15) is 0 Å². The normalized spacial score (nSPS) is 11.3. The van der Waals surface area contributed by atoms with Gasteiger partial charge < -0.3 is 15.4 Å². The average molecular weight is 485 g/mol. The van der Waals surface area contributed by atoms with E-state index in [1.54, 1.807) is 6.20 Å². The summed E-state index contributed by atoms with van der Waals surface area (Å²) in [5.74, 6) is 1.43. The fourth-order valence-corrected chi connectivity index (χ4v) is 2.39. The standard InChI is InChI=1S/C20H31N5O.HI/c1-4-21-20(22-11-6-14-26-16-17(2)3)23-15-18-7-9-19(10-8-18)25-13-5-12-24-25;/h5,7-10,12-13,17H,4,6,11,14-16H2,1-3H3,(H2,21,22,23);1H. The Balaban J connectivity index is 0.00000364. The molecule has 1 heterocycles. The zero-order valence-corrected chi connectivity index (χ0v) is 18.8. The summed E-state index contributed by atoms with van der Waals surface area (Å²) in [6.45, 7) is 10.3. The summed E-state index contributed by atoms with van der Waals surface area (Å²) in [7, 11) is 0. The number of hydrogen-bond donors (Lipinski definition) is 2. The van der Waals surface area contributed by atoms with Gasteiger partial charge in [0.05, 0.1) is 12.2 Å². The minimum Gasteiger partial charge on any atom is -0.381 e. The van der Waals surface area contributed by atoms with E-state index in [0.29, 0.717) is 12.5 Å². The van der Waals surface area contributed by atoms with Crippen LogP contribution in [0, 0.1) is 5.92 Å². The third-order valence-electron chi connectivity index (χ3n) is 3.68. The van der Waals surface area contributed by atoms with Crippen LogP contribution in [0.15, 0.2) is 47.7 Å². The van der Waals surface area contributed by atoms with Crippen LogP contribution in [0.1, 0.15) is 32.8 Å². The summed E-state index contributed by atoms with van der Waals surface area (Å²) in [6.07, 6.45) is 4.68. The molecule has 0 aliphatic rings. The van der Waals surface area contributed by atoms with E-state index in [2.05, 4.69) is 65.8 Å². The van der Waals surface area contributed by atoms with Crippen molar-refractivity contribution in [1.82, 2.24) is 20.4 Å². The van der Waals surface area contributed by atoms with Crippen molar-refractivity contribution in [3.8, 4) is 5.69 Å². The number of guanidine groups is 1. The van der Waals surface area contributed by atoms with Crippen molar-refractivity contribution >= 4 is 29.9 Å². The predicted molar refractivity (Wildman–Crippen MR) is 122 cm³/mol. The lowest BCUT2D eigenvalue weighted by Crippen LogP contribution is -2.38. The van der Waals surface area contributed by atoms with E-state index in [4.69, 9.17) is 4.74 Å². The maximum Gasteiger partial charge on any atom is 0.191 e. The Morgan fingerprint density at radius 2 is 2.00 bits per heavy atom. The van der Waals surface area contributed by atoms with Crippen LogP contribution < -0.4 is 10.6 Å². The zero-order chi connectivity index (χ0) is 18.6. The molecule has 0 fully saturated rings. The van der Waals surface area contributed by atoms with Gasteiger partial charge >= 0.3 is 0 Å². The molecule has 2 N–H and O–H groups in total. The molecule has 6 nitrogen and oxygen atoms in total. The minimum absolute atomic E-state index is 0. The molecule has 0 bridgehead atoms. The SMILES string of the molecule is CCNC(=NCc1ccc(-n2cccn2)cc1)NCCCOCC(C)C.I. The molecule has 0 saturated carbocycles. The van der Waals surface area contributed by atoms with Crippen LogP contribution in [0.25, 0.3) is 5.69 Å². The van der Waals surface area contributed by atoms with Crippen molar-refractivity contribution in [3.05, 3.63) is 48.3 Å². The monoisotopic (exact) mass is 485 g/mol. The molecular formula is C20H32IN5O. The van der Waals surface area contributed by atoms with Gasteiger partial charge in [0.15, 0.2) is 5.96 Å². The van der Waals surface area contributed by atoms with Crippen LogP contribution in [0.5, 0.6) is 0 Å². The Hall–Kier alpha value is -1.61. The van der Waals surface area contributed by atoms with Crippen molar-refractivity contribution < 1.29 is 4.74 Å². The van der Waals surface area contributed by atoms with Gasteiger partial charge in [0.25, 0.3) is 0 Å². The summed E-state index contributed by atoms with van der Waals surface area (Å²) in [5, 5.41) is 10.9. The highest BCUT2D eigenvalue weighted by molar-refractivity contribution is 14.0. The van der Waals surface area contributed by atoms with Gasteiger partial charge in [0, 0.05) is 38.7 Å². The van der Waals surface area contributed by atoms with Gasteiger partial charge in [-0.3, -0.25) is 0 Å². The average Bonchev–Trinajstić information content (AvgIpc) is 3.17. The summed E-state index contributed by atoms with van der Waals surface area (Å²) in [6, 6.07) is 10.2. The number of aliphatic imine (C=N–C) groups is 1. The van der Waals surface area contributed by atoms with E-state index < -0.39 is 0 Å². The van der Waals surface area contributed by atoms with Gasteiger partial charge in [-0.15, -0.1) is 24.0 Å². The maximum atomic E-state index is 5.60. The summed E-state index contributed by atoms with van der Waals surface area (Å²) >= 11 is 0. The van der Waals surface area contributed by atoms with Crippen molar-refractivity contribution in [3.63, 3.8) is 0 Å². The quantitative estimate of drug-likeness (QED) is 0.234. The first-order valence-electron chi connectivity index (χ1n) is 9.38. The van der Waals surface area contributed by atoms with Crippen LogP contribution in [0.2, 0.25) is 0 Å². The number of rotatable bonds is 10. The van der Waals surface area contributed by atoms with Gasteiger partial charge in [-0.2, -0.15) is 5.10 Å². The van der Waals surface area contributed by atoms with Gasteiger partial charge in [-0.1, -0.05) is 26.0 Å². The molecule has 0 saturated heterocycles. The predicted octanol–water partition coefficient (Wildman–Crippen LogP) is 3.61. The number of halogens is 1. The molecule has 2 aromatic rings. The van der Waals surface area contributed by atoms with Gasteiger partial charge in [-0.25, -0.2) is 9.67 Å². The second-order valence-corrected chi connectivity index (χ2v) is 6.56. The van der Waals surface area contributed by atoms with Gasteiger partial charge in [0.2, 0.25) is 0 Å². The molecule has 0 atom stereocenters. The van der Waals surface area contributed by atoms with E-state index in [0.717, 1.165) is 44.4 Å². The molecule has 0 aliphatic carbocycles. The minimum atomic E-state index is 0. The van der Waals surface area contributed by atoms with E-state index in [1.165, 1.54) is 5.56 Å². The largest absolute Gasteiger partial charge is 0.381 e. The second kappa shape index (κ2) is 13.5. The number of nitrogens with one attached hydrogen (secondary N) is 2. The number of aromatic nitrogens is 2. The van der Waals surface area contributed by atoms with Crippen LogP contribution in [0.3, 0.4) is 0 Å². The molecule has 0 unspecified atom stereocenters. The third kappa shape index (κ3) is 9.23. The Labute approximate surface area is 179 Å². The highest BCUT2D eigenvalue weighted by Crippen LogP contribution is 2.09. The van der Waals surface area contributed by atoms with Crippen molar-refractivity contribution in [2.75, 3.05) is 26.3 Å². The molecule has 1 aromatic heterocycles. The lowest BCUT2D eigenvalue weighted by molar-refractivity contribution is 0.108. The molecule has 0 spiro atoms. The lowest BCUT2D eigenvalue weighted by Gasteiger charge is -2.12. The maximum absolute atomic E-state index is 5.60. The van der Waals surface area contributed by atoms with Crippen molar-refractivity contribution in [1.29, 1.82) is 0 Å². The molecule has 27 heavy (non-hydrogen) atoms. The van der Waals surface area contributed by atoms with Crippen LogP contribution >= 0.6 is 24.0 Å². The number of nitrogens with zero attached hydrogens (tertiary/aromatic N) is 3. The van der Waals surface area contributed by atoms with Gasteiger partial charge in [0.1, 0.15) is 0 Å². The topological polar surface area (TPSA) is 63.5 Å². The highest BCUT2D eigenvalue weighted by Gasteiger charge is 2.00. The molecule has 150 valence electrons. The molecule has 7 heteroatoms. The number of benzene rings is 1. The molecule has 2 rings (SSSR count). The summed E-state index contributed by atoms with van der Waals surface area (Å²) in [5.41, 5.74) is 2.22. The second-order valence-electron chi connectivity index (χ2n) is 6.56. The first kappa shape index (κ1) is 23.4. The number of ether oxygens (including phenoxy) is 1. The number of hydrogen-bond acceptors (Lipinski definition) is 3. The Kier molecular flexibility index (Phi) is 11.8. The third-order valence-corrected chi connectivity index (χ3v) is 3.68. The summed E-state index contributed by atoms with van der Waals surface area (Å²) < 4.78 is 7.45. The zero-order valence-electron chi connectivity index (χ0n) is 16.5.